The van der Waals surface area contributed by atoms with E-state index >= 15 is 0 Å². The fourth-order valence-corrected chi connectivity index (χ4v) is 6.24. The maximum atomic E-state index is 13.7. The first-order valence-corrected chi connectivity index (χ1v) is 13.6. The number of anilines is 2. The highest BCUT2D eigenvalue weighted by Crippen LogP contribution is 2.38. The quantitative estimate of drug-likeness (QED) is 0.335. The van der Waals surface area contributed by atoms with E-state index in [9.17, 15) is 18.0 Å². The van der Waals surface area contributed by atoms with Crippen LogP contribution in [0.3, 0.4) is 0 Å². The van der Waals surface area contributed by atoms with Crippen molar-refractivity contribution >= 4 is 44.6 Å². The molecule has 4 aromatic carbocycles. The monoisotopic (exact) mass is 530 g/mol. The smallest absolute Gasteiger partial charge is 0.259 e. The van der Waals surface area contributed by atoms with Crippen LogP contribution in [0.4, 0.5) is 11.4 Å². The number of amides is 2. The summed E-state index contributed by atoms with van der Waals surface area (Å²) in [5, 5.41) is 3.36. The molecule has 5 rings (SSSR count). The minimum Gasteiger partial charge on any atom is -0.322 e. The van der Waals surface area contributed by atoms with Crippen LogP contribution in [0.2, 0.25) is 5.02 Å². The Kier molecular flexibility index (Phi) is 6.58. The Morgan fingerprint density at radius 3 is 2.41 bits per heavy atom. The van der Waals surface area contributed by atoms with Gasteiger partial charge in [-0.15, -0.1) is 0 Å². The van der Waals surface area contributed by atoms with Crippen LogP contribution in [0.1, 0.15) is 38.8 Å². The molecule has 37 heavy (non-hydrogen) atoms. The number of hydrogen-bond donors (Lipinski definition) is 1. The van der Waals surface area contributed by atoms with Crippen LogP contribution >= 0.6 is 11.6 Å². The van der Waals surface area contributed by atoms with Gasteiger partial charge in [0, 0.05) is 16.3 Å². The van der Waals surface area contributed by atoms with E-state index in [1.54, 1.807) is 42.5 Å². The molecular weight excluding hydrogens is 508 g/mol. The Morgan fingerprint density at radius 2 is 1.62 bits per heavy atom. The van der Waals surface area contributed by atoms with Gasteiger partial charge in [-0.1, -0.05) is 54.9 Å². The molecule has 1 aliphatic rings. The lowest BCUT2D eigenvalue weighted by atomic mass is 10.1. The van der Waals surface area contributed by atoms with E-state index in [0.717, 1.165) is 17.5 Å². The van der Waals surface area contributed by atoms with Crippen molar-refractivity contribution in [1.82, 2.24) is 0 Å². The van der Waals surface area contributed by atoms with E-state index in [1.807, 2.05) is 25.1 Å². The Hall–Kier alpha value is -3.94. The lowest BCUT2D eigenvalue weighted by Crippen LogP contribution is -2.30. The van der Waals surface area contributed by atoms with Crippen molar-refractivity contribution in [3.63, 3.8) is 0 Å². The van der Waals surface area contributed by atoms with Crippen LogP contribution in [0, 0.1) is 0 Å². The molecule has 0 saturated heterocycles. The van der Waals surface area contributed by atoms with Crippen molar-refractivity contribution in [3.8, 4) is 0 Å². The molecule has 6 nitrogen and oxygen atoms in total. The summed E-state index contributed by atoms with van der Waals surface area (Å²) in [7, 11) is -4.03. The maximum Gasteiger partial charge on any atom is 0.259 e. The van der Waals surface area contributed by atoms with Gasteiger partial charge in [0.15, 0.2) is 0 Å². The van der Waals surface area contributed by atoms with Crippen LogP contribution in [-0.2, 0) is 22.8 Å². The molecule has 2 amide bonds. The van der Waals surface area contributed by atoms with E-state index in [4.69, 9.17) is 11.6 Å². The van der Waals surface area contributed by atoms with Gasteiger partial charge < -0.3 is 10.2 Å². The molecule has 1 aliphatic heterocycles. The third kappa shape index (κ3) is 4.75. The van der Waals surface area contributed by atoms with Gasteiger partial charge in [0.05, 0.1) is 27.6 Å². The van der Waals surface area contributed by atoms with Crippen LogP contribution in [-0.4, -0.2) is 20.2 Å². The average molecular weight is 531 g/mol. The number of carbonyl (C=O) groups is 2. The first-order chi connectivity index (χ1) is 17.8. The number of nitrogens with zero attached hydrogens (tertiary/aromatic N) is 1. The first kappa shape index (κ1) is 24.7. The van der Waals surface area contributed by atoms with Crippen molar-refractivity contribution in [1.29, 1.82) is 0 Å². The number of halogens is 1. The SMILES string of the molecule is CCc1cccc(NC(=O)c2ccc3c(c2)N(Cc2cccc(Cl)c2)C(=O)c2ccccc2S3(=O)=O)c1. The van der Waals surface area contributed by atoms with Crippen molar-refractivity contribution in [3.05, 3.63) is 118 Å². The molecule has 0 saturated carbocycles. The second kappa shape index (κ2) is 9.84. The zero-order chi connectivity index (χ0) is 26.2. The van der Waals surface area contributed by atoms with Crippen LogP contribution in [0.25, 0.3) is 0 Å². The van der Waals surface area contributed by atoms with Crippen molar-refractivity contribution < 1.29 is 18.0 Å². The number of carbonyl (C=O) groups excluding carboxylic acids is 2. The third-order valence-corrected chi connectivity index (χ3v) is 8.37. The third-order valence-electron chi connectivity index (χ3n) is 6.28. The fraction of sp³-hybridized carbons (Fsp3) is 0.103. The van der Waals surface area contributed by atoms with E-state index in [-0.39, 0.29) is 33.2 Å². The molecule has 4 aromatic rings. The summed E-state index contributed by atoms with van der Waals surface area (Å²) in [6, 6.07) is 25.0. The zero-order valence-electron chi connectivity index (χ0n) is 19.9. The fourth-order valence-electron chi connectivity index (χ4n) is 4.39. The maximum absolute atomic E-state index is 13.7. The number of aryl methyl sites for hydroxylation is 1. The van der Waals surface area contributed by atoms with Gasteiger partial charge in [-0.05, 0) is 72.1 Å². The van der Waals surface area contributed by atoms with Crippen molar-refractivity contribution in [2.45, 2.75) is 29.7 Å². The van der Waals surface area contributed by atoms with Gasteiger partial charge in [-0.2, -0.15) is 0 Å². The molecule has 1 heterocycles. The molecule has 0 radical (unpaired) electrons. The van der Waals surface area contributed by atoms with Crippen LogP contribution in [0.15, 0.2) is 101 Å². The second-order valence-electron chi connectivity index (χ2n) is 8.71. The highest BCUT2D eigenvalue weighted by Gasteiger charge is 2.36. The molecule has 186 valence electrons. The Labute approximate surface area is 220 Å². The van der Waals surface area contributed by atoms with E-state index in [2.05, 4.69) is 5.32 Å². The summed E-state index contributed by atoms with van der Waals surface area (Å²) < 4.78 is 27.3. The molecular formula is C29H23ClN2O4S. The molecule has 0 aliphatic carbocycles. The zero-order valence-corrected chi connectivity index (χ0v) is 21.5. The summed E-state index contributed by atoms with van der Waals surface area (Å²) in [4.78, 5) is 28.2. The minimum atomic E-state index is -4.03. The standard InChI is InChI=1S/C29H23ClN2O4S/c1-2-19-7-6-10-23(16-19)31-28(33)21-13-14-27-25(17-21)32(18-20-8-5-9-22(30)15-20)29(34)24-11-3-4-12-26(24)37(27,35)36/h3-17H,2,18H2,1H3,(H,31,33). The summed E-state index contributed by atoms with van der Waals surface area (Å²) in [5.74, 6) is -0.892. The summed E-state index contributed by atoms with van der Waals surface area (Å²) in [6.07, 6.45) is 0.821. The molecule has 0 aromatic heterocycles. The van der Waals surface area contributed by atoms with Crippen LogP contribution < -0.4 is 10.2 Å². The summed E-state index contributed by atoms with van der Waals surface area (Å²) in [5.41, 5.74) is 2.85. The number of rotatable bonds is 5. The lowest BCUT2D eigenvalue weighted by molar-refractivity contribution is 0.0979. The minimum absolute atomic E-state index is 0.0441. The number of hydrogen-bond acceptors (Lipinski definition) is 4. The van der Waals surface area contributed by atoms with Gasteiger partial charge >= 0.3 is 0 Å². The highest BCUT2D eigenvalue weighted by atomic mass is 35.5. The number of sulfone groups is 1. The highest BCUT2D eigenvalue weighted by molar-refractivity contribution is 7.91. The van der Waals surface area contributed by atoms with Crippen molar-refractivity contribution in [2.75, 3.05) is 10.2 Å². The Balaban J connectivity index is 1.63. The average Bonchev–Trinajstić information content (AvgIpc) is 2.97. The van der Waals surface area contributed by atoms with E-state index < -0.39 is 21.7 Å². The van der Waals surface area contributed by atoms with Crippen molar-refractivity contribution in [2.24, 2.45) is 0 Å². The van der Waals surface area contributed by atoms with Crippen LogP contribution in [0.5, 0.6) is 0 Å². The van der Waals surface area contributed by atoms with Gasteiger partial charge in [0.2, 0.25) is 9.84 Å². The molecule has 0 atom stereocenters. The van der Waals surface area contributed by atoms with E-state index in [0.29, 0.717) is 10.7 Å². The molecule has 0 bridgehead atoms. The number of benzene rings is 4. The van der Waals surface area contributed by atoms with Gasteiger partial charge in [-0.25, -0.2) is 8.42 Å². The van der Waals surface area contributed by atoms with Gasteiger partial charge in [0.1, 0.15) is 0 Å². The topological polar surface area (TPSA) is 83.6 Å². The molecule has 0 spiro atoms. The second-order valence-corrected chi connectivity index (χ2v) is 11.0. The normalized spacial score (nSPS) is 13.9. The first-order valence-electron chi connectivity index (χ1n) is 11.7. The predicted octanol–water partition coefficient (Wildman–Crippen LogP) is 6.15. The summed E-state index contributed by atoms with van der Waals surface area (Å²) >= 11 is 6.17. The van der Waals surface area contributed by atoms with Gasteiger partial charge in [0.25, 0.3) is 11.8 Å². The number of nitrogens with one attached hydrogen (secondary N) is 1. The molecule has 8 heteroatoms. The lowest BCUT2D eigenvalue weighted by Gasteiger charge is -2.23. The van der Waals surface area contributed by atoms with E-state index in [1.165, 1.54) is 35.2 Å². The Bertz CT molecular complexity index is 1650. The van der Waals surface area contributed by atoms with Gasteiger partial charge in [-0.3, -0.25) is 9.59 Å². The molecule has 0 unspecified atom stereocenters. The molecule has 0 fully saturated rings. The Morgan fingerprint density at radius 1 is 0.865 bits per heavy atom. The summed E-state index contributed by atoms with van der Waals surface area (Å²) in [6.45, 7) is 2.09. The predicted molar refractivity (Wildman–Crippen MR) is 144 cm³/mol. The number of fused-ring (bicyclic) bond motifs is 2. The molecule has 1 N–H and O–H groups in total. The largest absolute Gasteiger partial charge is 0.322 e.